The topological polar surface area (TPSA) is 68.7 Å². The predicted octanol–water partition coefficient (Wildman–Crippen LogP) is 8.30. The van der Waals surface area contributed by atoms with Crippen molar-refractivity contribution in [3.05, 3.63) is 109 Å². The Morgan fingerprint density at radius 2 is 1.45 bits per heavy atom. The van der Waals surface area contributed by atoms with Crippen molar-refractivity contribution in [2.24, 2.45) is 11.8 Å². The van der Waals surface area contributed by atoms with Crippen LogP contribution < -0.4 is 25.9 Å². The predicted molar refractivity (Wildman–Crippen MR) is 188 cm³/mol. The zero-order valence-electron chi connectivity index (χ0n) is 27.3. The smallest absolute Gasteiger partial charge is 0.241 e. The van der Waals surface area contributed by atoms with Crippen LogP contribution in [0.3, 0.4) is 0 Å². The van der Waals surface area contributed by atoms with Crippen LogP contribution in [0.15, 0.2) is 103 Å². The van der Waals surface area contributed by atoms with Crippen LogP contribution in [-0.4, -0.2) is 22.6 Å². The fourth-order valence-electron chi connectivity index (χ4n) is 6.53. The van der Waals surface area contributed by atoms with Gasteiger partial charge in [-0.3, -0.25) is 4.79 Å². The van der Waals surface area contributed by atoms with Crippen LogP contribution in [0.1, 0.15) is 53.4 Å². The molecule has 1 N–H and O–H groups in total. The van der Waals surface area contributed by atoms with Gasteiger partial charge < -0.3 is 19.6 Å². The maximum absolute atomic E-state index is 11.7. The Bertz CT molecular complexity index is 1910. The molecule has 1 aromatic heterocycles. The Kier molecular flexibility index (Phi) is 11.0. The van der Waals surface area contributed by atoms with Crippen molar-refractivity contribution in [2.75, 3.05) is 0 Å². The summed E-state index contributed by atoms with van der Waals surface area (Å²) in [6.07, 6.45) is 6.82. The van der Waals surface area contributed by atoms with Crippen LogP contribution in [0.25, 0.3) is 22.0 Å². The molecule has 0 atom stereocenters. The van der Waals surface area contributed by atoms with Crippen molar-refractivity contribution < 1.29 is 39.5 Å². The molecule has 0 saturated heterocycles. The van der Waals surface area contributed by atoms with Crippen LogP contribution in [0.5, 0.6) is 23.0 Å². The molecule has 3 heterocycles. The molecule has 2 aliphatic rings. The molecule has 7 heteroatoms. The second-order valence-corrected chi connectivity index (χ2v) is 11.9. The number of ketones is 1. The standard InChI is InChI=1S/C27H15BNO2.C13H24O2.Ir/c1-2-8-18-16-29-22(15-17(18)7-1)19-9-5-11-21-27(19)31-25-14-6-13-24-26(25)28(21)20-10-3-4-12-23(20)30-24;1-5-10(6-2)12(14)9-13(15)11(7-3)8-4;/h1-8,10-16H;9-11,14H,5-8H2,1-4H3;/q-1;;/b;12-9-;. The molecule has 0 aliphatic carbocycles. The van der Waals surface area contributed by atoms with E-state index in [1.165, 1.54) is 6.08 Å². The van der Waals surface area contributed by atoms with Crippen molar-refractivity contribution in [3.8, 4) is 34.3 Å². The molecule has 7 rings (SSSR count). The minimum Gasteiger partial charge on any atom is -0.512 e. The summed E-state index contributed by atoms with van der Waals surface area (Å²) in [6.45, 7) is 8.12. The first-order chi connectivity index (χ1) is 22.5. The molecule has 0 spiro atoms. The minimum absolute atomic E-state index is 0. The van der Waals surface area contributed by atoms with Crippen LogP contribution in [0.2, 0.25) is 0 Å². The second-order valence-electron chi connectivity index (χ2n) is 11.9. The number of aliphatic hydroxyl groups is 1. The number of nitrogens with zero attached hydrogens (tertiary/aromatic N) is 1. The van der Waals surface area contributed by atoms with Crippen molar-refractivity contribution in [1.82, 2.24) is 4.98 Å². The number of hydrogen-bond donors (Lipinski definition) is 1. The van der Waals surface area contributed by atoms with Crippen molar-refractivity contribution in [2.45, 2.75) is 53.4 Å². The van der Waals surface area contributed by atoms with Gasteiger partial charge in [0.15, 0.2) is 5.78 Å². The molecule has 0 saturated carbocycles. The molecule has 4 aromatic carbocycles. The maximum atomic E-state index is 11.7. The van der Waals surface area contributed by atoms with E-state index in [1.54, 1.807) is 0 Å². The third-order valence-corrected chi connectivity index (χ3v) is 9.24. The number of aliphatic hydroxyl groups excluding tert-OH is 1. The van der Waals surface area contributed by atoms with Crippen LogP contribution in [-0.2, 0) is 24.9 Å². The van der Waals surface area contributed by atoms with Crippen molar-refractivity contribution in [1.29, 1.82) is 0 Å². The first-order valence-corrected chi connectivity index (χ1v) is 16.4. The van der Waals surface area contributed by atoms with Crippen LogP contribution >= 0.6 is 0 Å². The van der Waals surface area contributed by atoms with Gasteiger partial charge in [0.1, 0.15) is 17.2 Å². The Balaban J connectivity index is 0.000000234. The number of benzene rings is 4. The molecule has 0 unspecified atom stereocenters. The molecule has 5 aromatic rings. The van der Waals surface area contributed by atoms with Gasteiger partial charge in [-0.15, -0.1) is 23.7 Å². The van der Waals surface area contributed by atoms with Gasteiger partial charge in [-0.2, -0.15) is 0 Å². The number of carbonyl (C=O) groups excluding carboxylic acids is 1. The average Bonchev–Trinajstić information content (AvgIpc) is 3.09. The first kappa shape index (κ1) is 34.2. The van der Waals surface area contributed by atoms with Gasteiger partial charge in [0.2, 0.25) is 6.71 Å². The SMILES string of the molecule is CCC(CC)C(=O)/C=C(\O)C(CC)CC.[Ir].[c-]1ccc2c(c1-c1cc3ccccc3cn1)Oc1cccc3c1B2c1ccccc1O3. The van der Waals surface area contributed by atoms with Gasteiger partial charge in [0.25, 0.3) is 0 Å². The van der Waals surface area contributed by atoms with Gasteiger partial charge in [0, 0.05) is 55.4 Å². The number of para-hydroxylation sites is 1. The monoisotopic (exact) mass is 801 g/mol. The number of aromatic nitrogens is 1. The molecule has 0 bridgehead atoms. The first-order valence-electron chi connectivity index (χ1n) is 16.4. The van der Waals surface area contributed by atoms with E-state index in [2.05, 4.69) is 42.5 Å². The summed E-state index contributed by atoms with van der Waals surface area (Å²) in [4.78, 5) is 16.4. The molecule has 241 valence electrons. The van der Waals surface area contributed by atoms with E-state index in [0.29, 0.717) is 0 Å². The Morgan fingerprint density at radius 3 is 2.17 bits per heavy atom. The summed E-state index contributed by atoms with van der Waals surface area (Å²) in [5.74, 6) is 3.93. The molecule has 0 amide bonds. The molecular formula is C40H39BIrNO4-. The van der Waals surface area contributed by atoms with Crippen LogP contribution in [0.4, 0.5) is 0 Å². The number of pyridine rings is 1. The number of allylic oxidation sites excluding steroid dienone is 2. The van der Waals surface area contributed by atoms with E-state index >= 15 is 0 Å². The van der Waals surface area contributed by atoms with E-state index in [0.717, 1.165) is 87.1 Å². The largest absolute Gasteiger partial charge is 0.512 e. The second kappa shape index (κ2) is 15.1. The zero-order chi connectivity index (χ0) is 32.2. The zero-order valence-corrected chi connectivity index (χ0v) is 29.6. The Morgan fingerprint density at radius 1 is 0.809 bits per heavy atom. The molecular weight excluding hydrogens is 761 g/mol. The van der Waals surface area contributed by atoms with Gasteiger partial charge in [-0.1, -0.05) is 87.9 Å². The van der Waals surface area contributed by atoms with Gasteiger partial charge >= 0.3 is 0 Å². The average molecular weight is 801 g/mol. The fraction of sp³-hybridized carbons (Fsp3) is 0.250. The van der Waals surface area contributed by atoms with Crippen LogP contribution in [0, 0.1) is 17.9 Å². The summed E-state index contributed by atoms with van der Waals surface area (Å²) in [5, 5.41) is 12.0. The van der Waals surface area contributed by atoms with E-state index in [9.17, 15) is 9.90 Å². The molecule has 2 aliphatic heterocycles. The Hall–Kier alpha value is -4.19. The number of ether oxygens (including phenoxy) is 2. The number of rotatable bonds is 8. The minimum atomic E-state index is 0. The molecule has 5 nitrogen and oxygen atoms in total. The van der Waals surface area contributed by atoms with E-state index < -0.39 is 0 Å². The van der Waals surface area contributed by atoms with E-state index in [4.69, 9.17) is 14.5 Å². The van der Waals surface area contributed by atoms with E-state index in [1.807, 2.05) is 82.4 Å². The quantitative estimate of drug-likeness (QED) is 0.0726. The Labute approximate surface area is 291 Å². The molecule has 1 radical (unpaired) electrons. The summed E-state index contributed by atoms with van der Waals surface area (Å²) in [7, 11) is 0. The summed E-state index contributed by atoms with van der Waals surface area (Å²) < 4.78 is 12.7. The van der Waals surface area contributed by atoms with Crippen molar-refractivity contribution >= 4 is 39.7 Å². The van der Waals surface area contributed by atoms with Gasteiger partial charge in [0.05, 0.1) is 5.76 Å². The summed E-state index contributed by atoms with van der Waals surface area (Å²) >= 11 is 0. The van der Waals surface area contributed by atoms with E-state index in [-0.39, 0.29) is 50.2 Å². The third kappa shape index (κ3) is 6.79. The van der Waals surface area contributed by atoms with Crippen molar-refractivity contribution in [3.63, 3.8) is 0 Å². The van der Waals surface area contributed by atoms with Gasteiger partial charge in [-0.05, 0) is 65.8 Å². The maximum Gasteiger partial charge on any atom is 0.241 e. The molecule has 0 fully saturated rings. The summed E-state index contributed by atoms with van der Waals surface area (Å²) in [6, 6.07) is 32.1. The summed E-state index contributed by atoms with van der Waals surface area (Å²) in [5.41, 5.74) is 5.08. The van der Waals surface area contributed by atoms with Gasteiger partial charge in [-0.25, -0.2) is 0 Å². The fourth-order valence-corrected chi connectivity index (χ4v) is 6.53. The normalized spacial score (nSPS) is 12.6. The number of carbonyl (C=O) groups is 1. The third-order valence-electron chi connectivity index (χ3n) is 9.24. The number of fused-ring (bicyclic) bond motifs is 5. The number of hydrogen-bond acceptors (Lipinski definition) is 5. The molecule has 47 heavy (non-hydrogen) atoms.